The highest BCUT2D eigenvalue weighted by Crippen LogP contribution is 2.24. The van der Waals surface area contributed by atoms with Crippen molar-refractivity contribution in [2.24, 2.45) is 0 Å². The van der Waals surface area contributed by atoms with Crippen LogP contribution in [0.4, 0.5) is 5.82 Å². The molecule has 0 spiro atoms. The van der Waals surface area contributed by atoms with E-state index >= 15 is 0 Å². The quantitative estimate of drug-likeness (QED) is 0.811. The van der Waals surface area contributed by atoms with Crippen LogP contribution in [0.5, 0.6) is 0 Å². The Morgan fingerprint density at radius 1 is 1.53 bits per heavy atom. The molecule has 2 N–H and O–H groups in total. The highest BCUT2D eigenvalue weighted by atomic mass is 79.9. The summed E-state index contributed by atoms with van der Waals surface area (Å²) in [5.41, 5.74) is -0.815. The number of anilines is 1. The van der Waals surface area contributed by atoms with Gasteiger partial charge in [0.15, 0.2) is 0 Å². The minimum Gasteiger partial charge on any atom is -0.388 e. The van der Waals surface area contributed by atoms with Crippen LogP contribution in [-0.2, 0) is 4.74 Å². The molecule has 1 aromatic rings. The van der Waals surface area contributed by atoms with Gasteiger partial charge in [-0.25, -0.2) is 4.98 Å². The zero-order chi connectivity index (χ0) is 12.9. The number of nitrogens with one attached hydrogen (secondary N) is 1. The van der Waals surface area contributed by atoms with Crippen LogP contribution in [0.25, 0.3) is 0 Å². The molecular weight excluding hydrogens is 352 g/mol. The molecule has 6 heteroatoms. The lowest BCUT2D eigenvalue weighted by Gasteiger charge is -2.23. The predicted molar refractivity (Wildman–Crippen MR) is 75.2 cm³/mol. The van der Waals surface area contributed by atoms with Crippen molar-refractivity contribution in [3.63, 3.8) is 0 Å². The molecule has 4 nitrogen and oxygen atoms in total. The van der Waals surface area contributed by atoms with Crippen molar-refractivity contribution in [2.45, 2.75) is 18.9 Å². The molecule has 0 saturated heterocycles. The Morgan fingerprint density at radius 3 is 2.82 bits per heavy atom. The third-order valence-corrected chi connectivity index (χ3v) is 3.33. The summed E-state index contributed by atoms with van der Waals surface area (Å²) in [6.07, 6.45) is 2.28. The van der Waals surface area contributed by atoms with Gasteiger partial charge in [-0.3, -0.25) is 0 Å². The second-order valence-corrected chi connectivity index (χ2v) is 5.85. The number of methoxy groups -OCH3 is 1. The van der Waals surface area contributed by atoms with Gasteiger partial charge in [0.05, 0.1) is 10.1 Å². The average molecular weight is 368 g/mol. The highest BCUT2D eigenvalue weighted by Gasteiger charge is 2.20. The first kappa shape index (κ1) is 14.9. The number of hydrogen-bond donors (Lipinski definition) is 2. The van der Waals surface area contributed by atoms with Gasteiger partial charge in [0.2, 0.25) is 0 Å². The summed E-state index contributed by atoms with van der Waals surface area (Å²) in [6.45, 7) is 2.72. The number of aromatic nitrogens is 1. The molecule has 17 heavy (non-hydrogen) atoms. The van der Waals surface area contributed by atoms with Gasteiger partial charge < -0.3 is 15.2 Å². The summed E-state index contributed by atoms with van der Waals surface area (Å²) in [6, 6.07) is 1.90. The molecule has 0 radical (unpaired) electrons. The van der Waals surface area contributed by atoms with Crippen LogP contribution < -0.4 is 5.32 Å². The van der Waals surface area contributed by atoms with Crippen LogP contribution in [-0.4, -0.2) is 36.0 Å². The fourth-order valence-corrected chi connectivity index (χ4v) is 2.36. The third kappa shape index (κ3) is 5.33. The summed E-state index contributed by atoms with van der Waals surface area (Å²) in [5, 5.41) is 13.2. The lowest BCUT2D eigenvalue weighted by molar-refractivity contribution is 0.0357. The van der Waals surface area contributed by atoms with E-state index in [-0.39, 0.29) is 0 Å². The van der Waals surface area contributed by atoms with E-state index in [1.807, 2.05) is 6.07 Å². The fourth-order valence-electron chi connectivity index (χ4n) is 1.23. The van der Waals surface area contributed by atoms with Crippen molar-refractivity contribution in [1.82, 2.24) is 4.98 Å². The van der Waals surface area contributed by atoms with Gasteiger partial charge in [-0.2, -0.15) is 0 Å². The molecular formula is C11H16Br2N2O2. The third-order valence-electron chi connectivity index (χ3n) is 2.29. The van der Waals surface area contributed by atoms with Crippen molar-refractivity contribution < 1.29 is 9.84 Å². The zero-order valence-electron chi connectivity index (χ0n) is 9.83. The van der Waals surface area contributed by atoms with E-state index in [1.165, 1.54) is 0 Å². The van der Waals surface area contributed by atoms with Gasteiger partial charge in [0.25, 0.3) is 0 Å². The number of hydrogen-bond acceptors (Lipinski definition) is 4. The van der Waals surface area contributed by atoms with Crippen LogP contribution in [0.15, 0.2) is 21.2 Å². The molecule has 96 valence electrons. The highest BCUT2D eigenvalue weighted by molar-refractivity contribution is 9.11. The number of rotatable bonds is 6. The van der Waals surface area contributed by atoms with Crippen molar-refractivity contribution in [1.29, 1.82) is 0 Å². The Morgan fingerprint density at radius 2 is 2.24 bits per heavy atom. The second kappa shape index (κ2) is 6.68. The molecule has 0 fully saturated rings. The van der Waals surface area contributed by atoms with E-state index in [9.17, 15) is 5.11 Å². The number of aliphatic hydroxyl groups is 1. The van der Waals surface area contributed by atoms with Gasteiger partial charge in [0.1, 0.15) is 5.82 Å². The summed E-state index contributed by atoms with van der Waals surface area (Å²) in [7, 11) is 1.62. The monoisotopic (exact) mass is 366 g/mol. The topological polar surface area (TPSA) is 54.4 Å². The SMILES string of the molecule is COCCC(C)(O)CNc1ncc(Br)cc1Br. The van der Waals surface area contributed by atoms with Crippen LogP contribution in [0, 0.1) is 0 Å². The number of halogens is 2. The molecule has 0 aromatic carbocycles. The molecule has 1 unspecified atom stereocenters. The number of pyridine rings is 1. The molecule has 1 rings (SSSR count). The van der Waals surface area contributed by atoms with Crippen LogP contribution in [0.1, 0.15) is 13.3 Å². The van der Waals surface area contributed by atoms with Gasteiger partial charge in [-0.1, -0.05) is 0 Å². The largest absolute Gasteiger partial charge is 0.388 e. The Hall–Kier alpha value is -0.170. The van der Waals surface area contributed by atoms with E-state index in [4.69, 9.17) is 4.74 Å². The summed E-state index contributed by atoms with van der Waals surface area (Å²) in [5.74, 6) is 0.714. The molecule has 0 amide bonds. The minimum absolute atomic E-state index is 0.420. The van der Waals surface area contributed by atoms with Crippen molar-refractivity contribution in [3.05, 3.63) is 21.2 Å². The Bertz CT molecular complexity index is 372. The Kier molecular flexibility index (Phi) is 5.85. The van der Waals surface area contributed by atoms with Crippen LogP contribution in [0.2, 0.25) is 0 Å². The molecule has 0 aliphatic carbocycles. The van der Waals surface area contributed by atoms with Gasteiger partial charge >= 0.3 is 0 Å². The van der Waals surface area contributed by atoms with Crippen molar-refractivity contribution in [2.75, 3.05) is 25.6 Å². The Balaban J connectivity index is 2.54. The Labute approximate surface area is 118 Å². The van der Waals surface area contributed by atoms with E-state index in [0.717, 1.165) is 8.95 Å². The maximum atomic E-state index is 10.1. The lowest BCUT2D eigenvalue weighted by Crippen LogP contribution is -2.34. The molecule has 0 saturated carbocycles. The van der Waals surface area contributed by atoms with E-state index in [1.54, 1.807) is 20.2 Å². The number of nitrogens with zero attached hydrogens (tertiary/aromatic N) is 1. The summed E-state index contributed by atoms with van der Waals surface area (Å²) >= 11 is 6.74. The van der Waals surface area contributed by atoms with Crippen molar-refractivity contribution in [3.8, 4) is 0 Å². The van der Waals surface area contributed by atoms with E-state index < -0.39 is 5.60 Å². The van der Waals surface area contributed by atoms with Gasteiger partial charge in [-0.05, 0) is 44.8 Å². The number of ether oxygens (including phenoxy) is 1. The summed E-state index contributed by atoms with van der Waals surface area (Å²) < 4.78 is 6.71. The zero-order valence-corrected chi connectivity index (χ0v) is 13.0. The molecule has 0 aliphatic heterocycles. The lowest BCUT2D eigenvalue weighted by atomic mass is 10.0. The van der Waals surface area contributed by atoms with E-state index in [2.05, 4.69) is 42.2 Å². The molecule has 0 bridgehead atoms. The van der Waals surface area contributed by atoms with Crippen LogP contribution in [0.3, 0.4) is 0 Å². The average Bonchev–Trinajstić information content (AvgIpc) is 2.25. The second-order valence-electron chi connectivity index (χ2n) is 4.08. The first-order chi connectivity index (χ1) is 7.94. The normalized spacial score (nSPS) is 14.4. The van der Waals surface area contributed by atoms with Crippen LogP contribution >= 0.6 is 31.9 Å². The first-order valence-electron chi connectivity index (χ1n) is 5.21. The standard InChI is InChI=1S/C11H16Br2N2O2/c1-11(16,3-4-17-2)7-15-10-9(13)5-8(12)6-14-10/h5-6,16H,3-4,7H2,1-2H3,(H,14,15). The first-order valence-corrected chi connectivity index (χ1v) is 6.79. The summed E-state index contributed by atoms with van der Waals surface area (Å²) in [4.78, 5) is 4.21. The predicted octanol–water partition coefficient (Wildman–Crippen LogP) is 2.81. The maximum Gasteiger partial charge on any atom is 0.140 e. The van der Waals surface area contributed by atoms with E-state index in [0.29, 0.717) is 25.4 Å². The van der Waals surface area contributed by atoms with Crippen molar-refractivity contribution >= 4 is 37.7 Å². The molecule has 0 aliphatic rings. The minimum atomic E-state index is -0.815. The fraction of sp³-hybridized carbons (Fsp3) is 0.545. The van der Waals surface area contributed by atoms with Gasteiger partial charge in [-0.15, -0.1) is 0 Å². The molecule has 1 aromatic heterocycles. The van der Waals surface area contributed by atoms with Gasteiger partial charge in [0, 0.05) is 37.4 Å². The molecule has 1 heterocycles. The molecule has 1 atom stereocenters. The maximum absolute atomic E-state index is 10.1. The smallest absolute Gasteiger partial charge is 0.140 e.